The highest BCUT2D eigenvalue weighted by Gasteiger charge is 1.80. The third kappa shape index (κ3) is 9.06. The second-order valence-electron chi connectivity index (χ2n) is 0.305. The van der Waals surface area contributed by atoms with Crippen molar-refractivity contribution >= 4 is 23.1 Å². The Morgan fingerprint density at radius 1 is 1.83 bits per heavy atom. The molecule has 0 aliphatic heterocycles. The van der Waals surface area contributed by atoms with Gasteiger partial charge >= 0.3 is 28.1 Å². The van der Waals surface area contributed by atoms with E-state index >= 15 is 0 Å². The minimum atomic E-state index is -1.32. The highest BCUT2D eigenvalue weighted by atomic mass is 24.3. The number of nitrogens with zero attached hydrogens (tertiary/aromatic N) is 1. The van der Waals surface area contributed by atoms with E-state index in [0.29, 0.717) is 0 Å². The van der Waals surface area contributed by atoms with E-state index in [-0.39, 0.29) is 23.1 Å². The van der Waals surface area contributed by atoms with Gasteiger partial charge < -0.3 is 0 Å². The van der Waals surface area contributed by atoms with E-state index in [0.717, 1.165) is 0 Å². The number of hydrogen-bond donors (Lipinski definition) is 1. The standard InChI is InChI=1S/Mg.HNO4.2H/c;2-1(3)5-4;;/h;4H;;. The third-order valence-electron chi connectivity index (χ3n) is 0.0667. The maximum atomic E-state index is 8.70. The molecule has 0 amide bonds. The first kappa shape index (κ1) is 9.33. The topological polar surface area (TPSA) is 72.6 Å². The summed E-state index contributed by atoms with van der Waals surface area (Å²) < 4.78 is 0. The van der Waals surface area contributed by atoms with Crippen LogP contribution in [0.15, 0.2) is 0 Å². The van der Waals surface area contributed by atoms with Gasteiger partial charge in [0.05, 0.1) is 0 Å². The minimum absolute atomic E-state index is 0. The molecule has 0 spiro atoms. The summed E-state index contributed by atoms with van der Waals surface area (Å²) in [6.45, 7) is 0. The zero-order valence-corrected chi connectivity index (χ0v) is 2.12. The van der Waals surface area contributed by atoms with Crippen LogP contribution in [0, 0.1) is 10.1 Å². The molecule has 0 saturated heterocycles. The van der Waals surface area contributed by atoms with Crippen molar-refractivity contribution in [3.63, 3.8) is 0 Å². The van der Waals surface area contributed by atoms with Crippen LogP contribution in [0.25, 0.3) is 0 Å². The van der Waals surface area contributed by atoms with Gasteiger partial charge in [-0.1, -0.05) is 0 Å². The van der Waals surface area contributed by atoms with Crippen LogP contribution >= 0.6 is 0 Å². The van der Waals surface area contributed by atoms with Gasteiger partial charge in [0.2, 0.25) is 0 Å². The fourth-order valence-electron chi connectivity index (χ4n) is 0. The molecule has 0 rings (SSSR count). The lowest BCUT2D eigenvalue weighted by Gasteiger charge is -1.72. The van der Waals surface area contributed by atoms with Crippen LogP contribution in [-0.4, -0.2) is 33.4 Å². The third-order valence-corrected chi connectivity index (χ3v) is 0.0667. The summed E-state index contributed by atoms with van der Waals surface area (Å²) in [5.74, 6) is 0. The van der Waals surface area contributed by atoms with Crippen LogP contribution in [0.4, 0.5) is 0 Å². The summed E-state index contributed by atoms with van der Waals surface area (Å²) in [4.78, 5) is 11.2. The first-order chi connectivity index (χ1) is 2.27. The van der Waals surface area contributed by atoms with Gasteiger partial charge in [0, 0.05) is 0 Å². The van der Waals surface area contributed by atoms with Gasteiger partial charge in [-0.15, -0.1) is 15.1 Å². The Hall–Kier alpha value is -0.0738. The lowest BCUT2D eigenvalue weighted by molar-refractivity contribution is -0.846. The fourth-order valence-corrected chi connectivity index (χ4v) is 0. The van der Waals surface area contributed by atoms with E-state index in [1.807, 2.05) is 0 Å². The van der Waals surface area contributed by atoms with Crippen molar-refractivity contribution in [2.75, 3.05) is 0 Å². The van der Waals surface area contributed by atoms with Crippen molar-refractivity contribution in [2.24, 2.45) is 0 Å². The Labute approximate surface area is 49.1 Å². The highest BCUT2D eigenvalue weighted by molar-refractivity contribution is 5.75. The maximum absolute atomic E-state index is 8.70. The molecule has 5 nitrogen and oxygen atoms in total. The van der Waals surface area contributed by atoms with E-state index in [4.69, 9.17) is 15.4 Å². The molecule has 0 heterocycles. The molecule has 0 aromatic heterocycles. The summed E-state index contributed by atoms with van der Waals surface area (Å²) >= 11 is 0. The number of hydrogen-bond acceptors (Lipinski definition) is 4. The second-order valence-corrected chi connectivity index (χ2v) is 0.305. The van der Waals surface area contributed by atoms with Crippen molar-refractivity contribution in [3.8, 4) is 0 Å². The Kier molecular flexibility index (Phi) is 7.66. The summed E-state index contributed by atoms with van der Waals surface area (Å²) in [6, 6.07) is 0. The largest absolute Gasteiger partial charge is 0.322 e. The van der Waals surface area contributed by atoms with Gasteiger partial charge in [0.25, 0.3) is 0 Å². The van der Waals surface area contributed by atoms with Crippen molar-refractivity contribution in [1.82, 2.24) is 0 Å². The zero-order chi connectivity index (χ0) is 4.28. The fraction of sp³-hybridized carbons (Fsp3) is 0. The van der Waals surface area contributed by atoms with Crippen molar-refractivity contribution in [1.29, 1.82) is 0 Å². The van der Waals surface area contributed by atoms with Crippen molar-refractivity contribution in [2.45, 2.75) is 0 Å². The van der Waals surface area contributed by atoms with E-state index in [1.165, 1.54) is 0 Å². The molecule has 0 saturated carbocycles. The van der Waals surface area contributed by atoms with Crippen LogP contribution in [-0.2, 0) is 4.99 Å². The van der Waals surface area contributed by atoms with E-state index in [2.05, 4.69) is 4.99 Å². The van der Waals surface area contributed by atoms with E-state index in [9.17, 15) is 0 Å². The lowest BCUT2D eigenvalue weighted by Crippen LogP contribution is -1.92. The lowest BCUT2D eigenvalue weighted by atomic mass is 13.1. The zero-order valence-electron chi connectivity index (χ0n) is 2.12. The smallest absolute Gasteiger partial charge is 0.214 e. The predicted molar refractivity (Wildman–Crippen MR) is 19.3 cm³/mol. The predicted octanol–water partition coefficient (Wildman–Crippen LogP) is -1.25. The minimum Gasteiger partial charge on any atom is -0.214 e. The molecule has 0 atom stereocenters. The van der Waals surface area contributed by atoms with Crippen molar-refractivity contribution in [3.05, 3.63) is 10.1 Å². The Balaban J connectivity index is 0. The van der Waals surface area contributed by atoms with Gasteiger partial charge in [-0.05, 0) is 0 Å². The molecule has 0 aliphatic carbocycles. The monoisotopic (exact) mass is 105 g/mol. The molecule has 6 heavy (non-hydrogen) atoms. The molecule has 0 radical (unpaired) electrons. The molecule has 1 N–H and O–H groups in total. The van der Waals surface area contributed by atoms with Gasteiger partial charge in [-0.2, -0.15) is 0 Å². The summed E-state index contributed by atoms with van der Waals surface area (Å²) in [5, 5.41) is 14.3. The quantitative estimate of drug-likeness (QED) is 0.196. The van der Waals surface area contributed by atoms with Crippen LogP contribution < -0.4 is 0 Å². The molecule has 0 aromatic rings. The van der Waals surface area contributed by atoms with Gasteiger partial charge in [-0.25, -0.2) is 5.26 Å². The molecule has 0 fully saturated rings. The Morgan fingerprint density at radius 2 is 2.00 bits per heavy atom. The second kappa shape index (κ2) is 4.93. The molecule has 0 aliphatic rings. The molecule has 0 aromatic carbocycles. The van der Waals surface area contributed by atoms with Crippen LogP contribution in [0.2, 0.25) is 0 Å². The van der Waals surface area contributed by atoms with Crippen LogP contribution in [0.3, 0.4) is 0 Å². The molecule has 6 heteroatoms. The van der Waals surface area contributed by atoms with Crippen LogP contribution in [0.1, 0.15) is 0 Å². The highest BCUT2D eigenvalue weighted by Crippen LogP contribution is 1.56. The van der Waals surface area contributed by atoms with Crippen molar-refractivity contribution < 1.29 is 15.3 Å². The molecular weight excluding hydrogens is 102 g/mol. The normalized spacial score (nSPS) is 5.50. The van der Waals surface area contributed by atoms with E-state index in [1.54, 1.807) is 0 Å². The summed E-state index contributed by atoms with van der Waals surface area (Å²) in [7, 11) is 0. The van der Waals surface area contributed by atoms with Crippen LogP contribution in [0.5, 0.6) is 0 Å². The summed E-state index contributed by atoms with van der Waals surface area (Å²) in [5.41, 5.74) is 0. The first-order valence-electron chi connectivity index (χ1n) is 0.730. The Morgan fingerprint density at radius 3 is 2.00 bits per heavy atom. The molecule has 0 bridgehead atoms. The molecule has 0 unspecified atom stereocenters. The SMILES string of the molecule is O=[N+]([O-])OO.[MgH2]. The summed E-state index contributed by atoms with van der Waals surface area (Å²) in [6.07, 6.45) is 0. The van der Waals surface area contributed by atoms with Gasteiger partial charge in [0.1, 0.15) is 0 Å². The first-order valence-corrected chi connectivity index (χ1v) is 0.730. The maximum Gasteiger partial charge on any atom is 0.322 e. The number of rotatable bonds is 1. The molecule has 34 valence electrons. The van der Waals surface area contributed by atoms with Gasteiger partial charge in [-0.3, -0.25) is 0 Å². The van der Waals surface area contributed by atoms with Gasteiger partial charge in [0.15, 0.2) is 0 Å². The molecular formula is H3MgNO4. The average molecular weight is 105 g/mol. The van der Waals surface area contributed by atoms with E-state index < -0.39 is 5.09 Å². The Bertz CT molecular complexity index is 42.8. The average Bonchev–Trinajstić information content (AvgIpc) is 1.38.